The fourth-order valence-electron chi connectivity index (χ4n) is 1.61. The number of phenolic OH excluding ortho intramolecular Hbond substituents is 1. The molecule has 17 heavy (non-hydrogen) atoms. The van der Waals surface area contributed by atoms with E-state index >= 15 is 0 Å². The molecular formula is C13H16N2O2. The fraction of sp³-hybridized carbons (Fsp3) is 0.308. The zero-order chi connectivity index (χ0) is 12.1. The molecule has 1 aromatic heterocycles. The third-order valence-electron chi connectivity index (χ3n) is 2.49. The van der Waals surface area contributed by atoms with Gasteiger partial charge in [0, 0.05) is 6.54 Å². The molecule has 4 nitrogen and oxygen atoms in total. The Balaban J connectivity index is 1.97. The van der Waals surface area contributed by atoms with Gasteiger partial charge in [0.15, 0.2) is 0 Å². The SMILES string of the molecule is CCCn1cncc1COc1ccc(O)cc1. The Bertz CT molecular complexity index is 463. The van der Waals surface area contributed by atoms with Crippen LogP contribution in [0.15, 0.2) is 36.8 Å². The minimum atomic E-state index is 0.244. The molecule has 90 valence electrons. The summed E-state index contributed by atoms with van der Waals surface area (Å²) >= 11 is 0. The molecule has 0 saturated carbocycles. The largest absolute Gasteiger partial charge is 0.508 e. The van der Waals surface area contributed by atoms with Gasteiger partial charge in [-0.2, -0.15) is 0 Å². The van der Waals surface area contributed by atoms with Crippen molar-refractivity contribution in [3.63, 3.8) is 0 Å². The van der Waals surface area contributed by atoms with Crippen LogP contribution in [-0.4, -0.2) is 14.7 Å². The van der Waals surface area contributed by atoms with Crippen molar-refractivity contribution in [3.8, 4) is 11.5 Å². The van der Waals surface area contributed by atoms with Crippen LogP contribution in [0.3, 0.4) is 0 Å². The Kier molecular flexibility index (Phi) is 3.65. The number of aromatic nitrogens is 2. The summed E-state index contributed by atoms with van der Waals surface area (Å²) in [7, 11) is 0. The minimum Gasteiger partial charge on any atom is -0.508 e. The molecule has 0 amide bonds. The highest BCUT2D eigenvalue weighted by molar-refractivity contribution is 5.30. The Hall–Kier alpha value is -1.97. The molecule has 0 radical (unpaired) electrons. The molecular weight excluding hydrogens is 216 g/mol. The predicted molar refractivity (Wildman–Crippen MR) is 65.0 cm³/mol. The molecule has 0 aliphatic heterocycles. The molecule has 0 fully saturated rings. The van der Waals surface area contributed by atoms with E-state index in [0.29, 0.717) is 6.61 Å². The van der Waals surface area contributed by atoms with E-state index in [0.717, 1.165) is 24.4 Å². The third kappa shape index (κ3) is 3.00. The van der Waals surface area contributed by atoms with Gasteiger partial charge in [-0.3, -0.25) is 0 Å². The van der Waals surface area contributed by atoms with Crippen LogP contribution < -0.4 is 4.74 Å². The van der Waals surface area contributed by atoms with E-state index in [-0.39, 0.29) is 5.75 Å². The lowest BCUT2D eigenvalue weighted by molar-refractivity contribution is 0.294. The van der Waals surface area contributed by atoms with Crippen LogP contribution in [0.4, 0.5) is 0 Å². The summed E-state index contributed by atoms with van der Waals surface area (Å²) in [6.07, 6.45) is 4.71. The Morgan fingerprint density at radius 2 is 2.06 bits per heavy atom. The molecule has 1 heterocycles. The van der Waals surface area contributed by atoms with Crippen LogP contribution >= 0.6 is 0 Å². The highest BCUT2D eigenvalue weighted by atomic mass is 16.5. The van der Waals surface area contributed by atoms with Crippen molar-refractivity contribution < 1.29 is 9.84 Å². The van der Waals surface area contributed by atoms with E-state index in [1.807, 2.05) is 12.5 Å². The van der Waals surface area contributed by atoms with Gasteiger partial charge in [0.05, 0.1) is 18.2 Å². The standard InChI is InChI=1S/C13H16N2O2/c1-2-7-15-10-14-8-11(15)9-17-13-5-3-12(16)4-6-13/h3-6,8,10,16H,2,7,9H2,1H3. The van der Waals surface area contributed by atoms with Crippen LogP contribution in [0.2, 0.25) is 0 Å². The number of hydrogen-bond donors (Lipinski definition) is 1. The van der Waals surface area contributed by atoms with Gasteiger partial charge in [-0.15, -0.1) is 0 Å². The Morgan fingerprint density at radius 3 is 2.76 bits per heavy atom. The second kappa shape index (κ2) is 5.39. The Labute approximate surface area is 100 Å². The number of imidazole rings is 1. The number of aromatic hydroxyl groups is 1. The van der Waals surface area contributed by atoms with Crippen LogP contribution in [0.25, 0.3) is 0 Å². The lowest BCUT2D eigenvalue weighted by atomic mass is 10.3. The summed E-state index contributed by atoms with van der Waals surface area (Å²) in [5, 5.41) is 9.15. The van der Waals surface area contributed by atoms with Crippen molar-refractivity contribution >= 4 is 0 Å². The smallest absolute Gasteiger partial charge is 0.130 e. The van der Waals surface area contributed by atoms with Crippen LogP contribution in [0.1, 0.15) is 19.0 Å². The topological polar surface area (TPSA) is 47.3 Å². The van der Waals surface area contributed by atoms with Gasteiger partial charge in [-0.05, 0) is 30.7 Å². The highest BCUT2D eigenvalue weighted by Crippen LogP contribution is 2.17. The summed E-state index contributed by atoms with van der Waals surface area (Å²) in [6.45, 7) is 3.57. The molecule has 0 aliphatic carbocycles. The molecule has 1 aromatic carbocycles. The van der Waals surface area contributed by atoms with E-state index in [9.17, 15) is 0 Å². The van der Waals surface area contributed by atoms with Crippen molar-refractivity contribution in [1.82, 2.24) is 9.55 Å². The zero-order valence-electron chi connectivity index (χ0n) is 9.84. The predicted octanol–water partition coefficient (Wildman–Crippen LogP) is 2.58. The van der Waals surface area contributed by atoms with Crippen molar-refractivity contribution in [3.05, 3.63) is 42.5 Å². The van der Waals surface area contributed by atoms with E-state index < -0.39 is 0 Å². The first-order valence-corrected chi connectivity index (χ1v) is 5.70. The first-order valence-electron chi connectivity index (χ1n) is 5.70. The van der Waals surface area contributed by atoms with Gasteiger partial charge in [-0.25, -0.2) is 4.98 Å². The molecule has 0 atom stereocenters. The molecule has 0 saturated heterocycles. The summed E-state index contributed by atoms with van der Waals surface area (Å²) in [4.78, 5) is 4.11. The molecule has 0 spiro atoms. The minimum absolute atomic E-state index is 0.244. The number of nitrogens with zero attached hydrogens (tertiary/aromatic N) is 2. The molecule has 2 rings (SSSR count). The quantitative estimate of drug-likeness (QED) is 0.861. The summed E-state index contributed by atoms with van der Waals surface area (Å²) in [5.74, 6) is 0.987. The number of benzene rings is 1. The second-order valence-electron chi connectivity index (χ2n) is 3.86. The third-order valence-corrected chi connectivity index (χ3v) is 2.49. The van der Waals surface area contributed by atoms with Crippen molar-refractivity contribution in [2.45, 2.75) is 26.5 Å². The lowest BCUT2D eigenvalue weighted by Gasteiger charge is -2.08. The van der Waals surface area contributed by atoms with E-state index in [1.54, 1.807) is 24.3 Å². The Morgan fingerprint density at radius 1 is 1.29 bits per heavy atom. The molecule has 0 aliphatic rings. The number of aryl methyl sites for hydroxylation is 1. The van der Waals surface area contributed by atoms with E-state index in [2.05, 4.69) is 16.5 Å². The monoisotopic (exact) mass is 232 g/mol. The number of rotatable bonds is 5. The van der Waals surface area contributed by atoms with Crippen LogP contribution in [-0.2, 0) is 13.2 Å². The van der Waals surface area contributed by atoms with Gasteiger partial charge in [0.25, 0.3) is 0 Å². The van der Waals surface area contributed by atoms with Crippen molar-refractivity contribution in [2.75, 3.05) is 0 Å². The summed E-state index contributed by atoms with van der Waals surface area (Å²) in [5.41, 5.74) is 1.06. The molecule has 4 heteroatoms. The van der Waals surface area contributed by atoms with Gasteiger partial charge < -0.3 is 14.4 Å². The molecule has 2 aromatic rings. The van der Waals surface area contributed by atoms with Gasteiger partial charge in [0.1, 0.15) is 18.1 Å². The number of phenols is 1. The normalized spacial score (nSPS) is 10.4. The first kappa shape index (κ1) is 11.5. The van der Waals surface area contributed by atoms with Gasteiger partial charge >= 0.3 is 0 Å². The zero-order valence-corrected chi connectivity index (χ0v) is 9.84. The maximum atomic E-state index is 9.15. The highest BCUT2D eigenvalue weighted by Gasteiger charge is 2.02. The average molecular weight is 232 g/mol. The lowest BCUT2D eigenvalue weighted by Crippen LogP contribution is -2.04. The molecule has 1 N–H and O–H groups in total. The first-order chi connectivity index (χ1) is 8.29. The average Bonchev–Trinajstić information content (AvgIpc) is 2.77. The van der Waals surface area contributed by atoms with E-state index in [4.69, 9.17) is 9.84 Å². The van der Waals surface area contributed by atoms with Crippen LogP contribution in [0.5, 0.6) is 11.5 Å². The van der Waals surface area contributed by atoms with Crippen molar-refractivity contribution in [2.24, 2.45) is 0 Å². The van der Waals surface area contributed by atoms with Crippen LogP contribution in [0, 0.1) is 0 Å². The van der Waals surface area contributed by atoms with Gasteiger partial charge in [0.2, 0.25) is 0 Å². The fourth-order valence-corrected chi connectivity index (χ4v) is 1.61. The second-order valence-corrected chi connectivity index (χ2v) is 3.86. The maximum absolute atomic E-state index is 9.15. The number of hydrogen-bond acceptors (Lipinski definition) is 3. The van der Waals surface area contributed by atoms with Crippen molar-refractivity contribution in [1.29, 1.82) is 0 Å². The number of ether oxygens (including phenoxy) is 1. The maximum Gasteiger partial charge on any atom is 0.130 e. The summed E-state index contributed by atoms with van der Waals surface area (Å²) in [6, 6.07) is 6.71. The summed E-state index contributed by atoms with van der Waals surface area (Å²) < 4.78 is 7.70. The van der Waals surface area contributed by atoms with Gasteiger partial charge in [-0.1, -0.05) is 6.92 Å². The van der Waals surface area contributed by atoms with E-state index in [1.165, 1.54) is 0 Å². The molecule has 0 bridgehead atoms. The molecule has 0 unspecified atom stereocenters.